The normalized spacial score (nSPS) is 19.4. The molecule has 2 aromatic rings. The molecule has 1 N–H and O–H groups in total. The molecule has 0 bridgehead atoms. The Kier molecular flexibility index (Phi) is 2.56. The summed E-state index contributed by atoms with van der Waals surface area (Å²) in [5, 5.41) is 10.6. The number of fused-ring (bicyclic) bond motifs is 1. The number of hydrogen-bond acceptors (Lipinski definition) is 3. The molecule has 0 spiro atoms. The van der Waals surface area contributed by atoms with Crippen molar-refractivity contribution in [3.8, 4) is 0 Å². The van der Waals surface area contributed by atoms with Gasteiger partial charge in [0, 0.05) is 0 Å². The summed E-state index contributed by atoms with van der Waals surface area (Å²) in [5.74, 6) is 0. The second-order valence-electron chi connectivity index (χ2n) is 4.84. The summed E-state index contributed by atoms with van der Waals surface area (Å²) >= 11 is 0. The van der Waals surface area contributed by atoms with E-state index in [1.165, 1.54) is 6.42 Å². The third-order valence-electron chi connectivity index (χ3n) is 3.61. The molecule has 1 aromatic carbocycles. The zero-order valence-corrected chi connectivity index (χ0v) is 9.76. The maximum absolute atomic E-state index is 10.6. The van der Waals surface area contributed by atoms with Crippen molar-refractivity contribution in [2.75, 3.05) is 0 Å². The molecule has 1 saturated carbocycles. The Morgan fingerprint density at radius 3 is 2.47 bits per heavy atom. The summed E-state index contributed by atoms with van der Waals surface area (Å²) in [6, 6.07) is 7.78. The highest BCUT2D eigenvalue weighted by molar-refractivity contribution is 5.73. The molecule has 0 unspecified atom stereocenters. The zero-order chi connectivity index (χ0) is 11.7. The van der Waals surface area contributed by atoms with E-state index in [0.29, 0.717) is 0 Å². The van der Waals surface area contributed by atoms with Gasteiger partial charge in [0.15, 0.2) is 0 Å². The molecule has 1 heterocycles. The SMILES string of the molecule is OC1(c2cnc3ccccc3n2)CCCCC1. The Labute approximate surface area is 101 Å². The van der Waals surface area contributed by atoms with E-state index in [1.807, 2.05) is 24.3 Å². The number of benzene rings is 1. The largest absolute Gasteiger partial charge is 0.383 e. The van der Waals surface area contributed by atoms with Crippen LogP contribution < -0.4 is 0 Å². The maximum Gasteiger partial charge on any atom is 0.108 e. The second-order valence-corrected chi connectivity index (χ2v) is 4.84. The van der Waals surface area contributed by atoms with Gasteiger partial charge in [-0.3, -0.25) is 4.98 Å². The lowest BCUT2D eigenvalue weighted by molar-refractivity contribution is -0.00465. The molecule has 0 aliphatic heterocycles. The molecule has 3 heteroatoms. The first kappa shape index (κ1) is 10.7. The van der Waals surface area contributed by atoms with Crippen LogP contribution in [0.15, 0.2) is 30.5 Å². The van der Waals surface area contributed by atoms with Gasteiger partial charge in [-0.15, -0.1) is 0 Å². The van der Waals surface area contributed by atoms with Crippen molar-refractivity contribution in [1.82, 2.24) is 9.97 Å². The Bertz CT molecular complexity index is 532. The van der Waals surface area contributed by atoms with E-state index in [9.17, 15) is 5.11 Å². The quantitative estimate of drug-likeness (QED) is 0.816. The maximum atomic E-state index is 10.6. The number of hydrogen-bond donors (Lipinski definition) is 1. The topological polar surface area (TPSA) is 46.0 Å². The molecule has 0 radical (unpaired) electrons. The van der Waals surface area contributed by atoms with E-state index in [1.54, 1.807) is 6.20 Å². The number of para-hydroxylation sites is 2. The first-order chi connectivity index (χ1) is 8.28. The standard InChI is InChI=1S/C14H16N2O/c17-14(8-4-1-5-9-14)13-10-15-11-6-2-3-7-12(11)16-13/h2-3,6-7,10,17H,1,4-5,8-9H2. The molecule has 17 heavy (non-hydrogen) atoms. The third kappa shape index (κ3) is 1.91. The lowest BCUT2D eigenvalue weighted by Crippen LogP contribution is -2.29. The number of rotatable bonds is 1. The van der Waals surface area contributed by atoms with E-state index in [0.717, 1.165) is 42.4 Å². The Hall–Kier alpha value is -1.48. The van der Waals surface area contributed by atoms with Crippen LogP contribution in [0.5, 0.6) is 0 Å². The molecule has 1 aliphatic carbocycles. The van der Waals surface area contributed by atoms with Crippen LogP contribution in [0.2, 0.25) is 0 Å². The van der Waals surface area contributed by atoms with Gasteiger partial charge in [0.2, 0.25) is 0 Å². The van der Waals surface area contributed by atoms with Crippen molar-refractivity contribution in [3.05, 3.63) is 36.2 Å². The molecular formula is C14H16N2O. The van der Waals surface area contributed by atoms with E-state index >= 15 is 0 Å². The lowest BCUT2D eigenvalue weighted by Gasteiger charge is -2.31. The van der Waals surface area contributed by atoms with Crippen LogP contribution >= 0.6 is 0 Å². The zero-order valence-electron chi connectivity index (χ0n) is 9.76. The van der Waals surface area contributed by atoms with E-state index in [4.69, 9.17) is 0 Å². The van der Waals surface area contributed by atoms with Gasteiger partial charge in [-0.2, -0.15) is 0 Å². The fourth-order valence-electron chi connectivity index (χ4n) is 2.57. The van der Waals surface area contributed by atoms with Gasteiger partial charge in [0.1, 0.15) is 5.60 Å². The van der Waals surface area contributed by atoms with Crippen molar-refractivity contribution < 1.29 is 5.11 Å². The fraction of sp³-hybridized carbons (Fsp3) is 0.429. The molecule has 1 aromatic heterocycles. The van der Waals surface area contributed by atoms with Crippen molar-refractivity contribution in [2.24, 2.45) is 0 Å². The van der Waals surface area contributed by atoms with E-state index in [-0.39, 0.29) is 0 Å². The molecule has 1 aliphatic rings. The van der Waals surface area contributed by atoms with Crippen LogP contribution in [-0.2, 0) is 5.60 Å². The summed E-state index contributed by atoms with van der Waals surface area (Å²) in [7, 11) is 0. The summed E-state index contributed by atoms with van der Waals surface area (Å²) in [5.41, 5.74) is 1.73. The molecular weight excluding hydrogens is 212 g/mol. The Balaban J connectivity index is 2.05. The van der Waals surface area contributed by atoms with Crippen LogP contribution in [0.4, 0.5) is 0 Å². The van der Waals surface area contributed by atoms with Crippen LogP contribution in [0, 0.1) is 0 Å². The van der Waals surface area contributed by atoms with Crippen LogP contribution in [-0.4, -0.2) is 15.1 Å². The number of aliphatic hydroxyl groups is 1. The number of aromatic nitrogens is 2. The van der Waals surface area contributed by atoms with Gasteiger partial charge in [-0.05, 0) is 25.0 Å². The molecule has 0 amide bonds. The van der Waals surface area contributed by atoms with E-state index < -0.39 is 5.60 Å². The predicted molar refractivity (Wildman–Crippen MR) is 66.5 cm³/mol. The minimum absolute atomic E-state index is 0.732. The molecule has 1 fully saturated rings. The van der Waals surface area contributed by atoms with Gasteiger partial charge < -0.3 is 5.11 Å². The summed E-state index contributed by atoms with van der Waals surface area (Å²) in [6.07, 6.45) is 6.70. The summed E-state index contributed by atoms with van der Waals surface area (Å²) in [6.45, 7) is 0. The molecule has 88 valence electrons. The first-order valence-electron chi connectivity index (χ1n) is 6.23. The smallest absolute Gasteiger partial charge is 0.108 e. The van der Waals surface area contributed by atoms with Crippen molar-refractivity contribution in [2.45, 2.75) is 37.7 Å². The van der Waals surface area contributed by atoms with Crippen LogP contribution in [0.25, 0.3) is 11.0 Å². The molecule has 0 atom stereocenters. The third-order valence-corrected chi connectivity index (χ3v) is 3.61. The monoisotopic (exact) mass is 228 g/mol. The minimum Gasteiger partial charge on any atom is -0.383 e. The summed E-state index contributed by atoms with van der Waals surface area (Å²) < 4.78 is 0. The highest BCUT2D eigenvalue weighted by Gasteiger charge is 2.32. The predicted octanol–water partition coefficient (Wildman–Crippen LogP) is 2.78. The highest BCUT2D eigenvalue weighted by atomic mass is 16.3. The highest BCUT2D eigenvalue weighted by Crippen LogP contribution is 2.35. The average Bonchev–Trinajstić information content (AvgIpc) is 2.39. The average molecular weight is 228 g/mol. The molecule has 3 rings (SSSR count). The van der Waals surface area contributed by atoms with Gasteiger partial charge in [-0.25, -0.2) is 4.98 Å². The first-order valence-corrected chi connectivity index (χ1v) is 6.23. The Morgan fingerprint density at radius 1 is 1.00 bits per heavy atom. The molecule has 3 nitrogen and oxygen atoms in total. The summed E-state index contributed by atoms with van der Waals surface area (Å²) in [4.78, 5) is 8.94. The van der Waals surface area contributed by atoms with E-state index in [2.05, 4.69) is 9.97 Å². The molecule has 0 saturated heterocycles. The van der Waals surface area contributed by atoms with Gasteiger partial charge in [0.25, 0.3) is 0 Å². The second kappa shape index (κ2) is 4.08. The van der Waals surface area contributed by atoms with Crippen LogP contribution in [0.3, 0.4) is 0 Å². The van der Waals surface area contributed by atoms with Gasteiger partial charge in [-0.1, -0.05) is 31.4 Å². The lowest BCUT2D eigenvalue weighted by atomic mass is 9.82. The van der Waals surface area contributed by atoms with Gasteiger partial charge >= 0.3 is 0 Å². The Morgan fingerprint density at radius 2 is 1.71 bits per heavy atom. The minimum atomic E-state index is -0.755. The van der Waals surface area contributed by atoms with Crippen molar-refractivity contribution >= 4 is 11.0 Å². The van der Waals surface area contributed by atoms with Crippen molar-refractivity contribution in [1.29, 1.82) is 0 Å². The fourth-order valence-corrected chi connectivity index (χ4v) is 2.57. The number of nitrogens with zero attached hydrogens (tertiary/aromatic N) is 2. The van der Waals surface area contributed by atoms with Gasteiger partial charge in [0.05, 0.1) is 22.9 Å². The van der Waals surface area contributed by atoms with Crippen LogP contribution in [0.1, 0.15) is 37.8 Å². The van der Waals surface area contributed by atoms with Crippen molar-refractivity contribution in [3.63, 3.8) is 0 Å².